The topological polar surface area (TPSA) is 111 Å². The predicted octanol–water partition coefficient (Wildman–Crippen LogP) is -0.724. The Morgan fingerprint density at radius 2 is 2.09 bits per heavy atom. The zero-order valence-corrected chi connectivity index (χ0v) is 12.6. The Kier molecular flexibility index (Phi) is 5.93. The van der Waals surface area contributed by atoms with Crippen LogP contribution in [-0.4, -0.2) is 55.5 Å². The summed E-state index contributed by atoms with van der Waals surface area (Å²) in [7, 11) is 0. The molecular formula is C15H19N3O5. The largest absolute Gasteiger partial charge is 0.486 e. The summed E-state index contributed by atoms with van der Waals surface area (Å²) in [4.78, 5) is 35.3. The molecular weight excluding hydrogens is 302 g/mol. The number of hydrogen-bond donors (Lipinski definition) is 2. The summed E-state index contributed by atoms with van der Waals surface area (Å²) in [6.07, 6.45) is 0.359. The van der Waals surface area contributed by atoms with E-state index in [4.69, 9.17) is 15.2 Å². The molecule has 0 fully saturated rings. The Hall–Kier alpha value is -2.61. The molecule has 8 nitrogen and oxygen atoms in total. The Labute approximate surface area is 133 Å². The van der Waals surface area contributed by atoms with E-state index in [0.29, 0.717) is 30.9 Å². The number of rotatable bonds is 6. The number of hydrogen-bond acceptors (Lipinski definition) is 6. The lowest BCUT2D eigenvalue weighted by Crippen LogP contribution is -2.47. The second-order valence-electron chi connectivity index (χ2n) is 4.95. The van der Waals surface area contributed by atoms with E-state index >= 15 is 0 Å². The maximum Gasteiger partial charge on any atom is 0.318 e. The maximum atomic E-state index is 11.8. The van der Waals surface area contributed by atoms with Crippen LogP contribution in [0.3, 0.4) is 0 Å². The molecule has 23 heavy (non-hydrogen) atoms. The van der Waals surface area contributed by atoms with E-state index in [1.807, 2.05) is 12.1 Å². The van der Waals surface area contributed by atoms with E-state index in [-0.39, 0.29) is 19.7 Å². The molecule has 1 aromatic carbocycles. The van der Waals surface area contributed by atoms with Gasteiger partial charge < -0.3 is 20.5 Å². The van der Waals surface area contributed by atoms with Crippen LogP contribution >= 0.6 is 0 Å². The maximum absolute atomic E-state index is 11.8. The third-order valence-electron chi connectivity index (χ3n) is 3.24. The van der Waals surface area contributed by atoms with Gasteiger partial charge in [0, 0.05) is 6.54 Å². The monoisotopic (exact) mass is 321 g/mol. The molecule has 1 atom stereocenters. The van der Waals surface area contributed by atoms with E-state index in [0.717, 1.165) is 4.90 Å². The number of ether oxygens (including phenoxy) is 2. The summed E-state index contributed by atoms with van der Waals surface area (Å²) >= 11 is 0. The van der Waals surface area contributed by atoms with Gasteiger partial charge in [-0.3, -0.25) is 19.3 Å². The van der Waals surface area contributed by atoms with Crippen molar-refractivity contribution >= 4 is 18.2 Å². The second-order valence-corrected chi connectivity index (χ2v) is 4.95. The minimum Gasteiger partial charge on any atom is -0.486 e. The van der Waals surface area contributed by atoms with E-state index in [9.17, 15) is 14.4 Å². The van der Waals surface area contributed by atoms with Crippen LogP contribution in [0.4, 0.5) is 0 Å². The Morgan fingerprint density at radius 3 is 2.78 bits per heavy atom. The molecule has 0 radical (unpaired) electrons. The van der Waals surface area contributed by atoms with Crippen LogP contribution in [-0.2, 0) is 14.4 Å². The number of nitrogens with two attached hydrogens (primary N) is 1. The molecule has 8 heteroatoms. The highest BCUT2D eigenvalue weighted by Crippen LogP contribution is 2.30. The quantitative estimate of drug-likeness (QED) is 0.528. The van der Waals surface area contributed by atoms with Gasteiger partial charge in [0.15, 0.2) is 11.5 Å². The lowest BCUT2D eigenvalue weighted by molar-refractivity contribution is -0.149. The summed E-state index contributed by atoms with van der Waals surface area (Å²) in [5.74, 6) is -0.552. The van der Waals surface area contributed by atoms with E-state index < -0.39 is 17.9 Å². The number of fused-ring (bicyclic) bond motifs is 1. The lowest BCUT2D eigenvalue weighted by atomic mass is 10.2. The van der Waals surface area contributed by atoms with Gasteiger partial charge in [-0.05, 0) is 25.1 Å². The van der Waals surface area contributed by atoms with Gasteiger partial charge in [0.2, 0.25) is 6.41 Å². The third-order valence-corrected chi connectivity index (χ3v) is 3.24. The van der Waals surface area contributed by atoms with Crippen LogP contribution in [0.1, 0.15) is 6.42 Å². The average Bonchev–Trinajstić information content (AvgIpc) is 2.59. The molecule has 0 saturated heterocycles. The smallest absolute Gasteiger partial charge is 0.318 e. The number of carbonyl (C=O) groups excluding carboxylic acids is 3. The minimum absolute atomic E-state index is 0.0997. The molecule has 0 aromatic heterocycles. The van der Waals surface area contributed by atoms with Crippen LogP contribution in [0.2, 0.25) is 0 Å². The van der Waals surface area contributed by atoms with Crippen LogP contribution in [0.15, 0.2) is 24.3 Å². The fourth-order valence-electron chi connectivity index (χ4n) is 2.04. The molecule has 124 valence electrons. The van der Waals surface area contributed by atoms with Crippen LogP contribution in [0.25, 0.3) is 0 Å². The Bertz CT molecular complexity index is 578. The first-order valence-corrected chi connectivity index (χ1v) is 7.28. The number of para-hydroxylation sites is 2. The van der Waals surface area contributed by atoms with Gasteiger partial charge in [0.25, 0.3) is 0 Å². The molecule has 3 N–H and O–H groups in total. The van der Waals surface area contributed by atoms with E-state index in [2.05, 4.69) is 5.32 Å². The standard InChI is InChI=1S/C15H19N3O5/c16-6-3-7-18(10-19)15(21)14(20)17-8-11-9-22-12-4-1-2-5-13(12)23-11/h1-2,4-5,10-11H,3,6-9,16H2,(H,17,20). The third kappa shape index (κ3) is 4.43. The van der Waals surface area contributed by atoms with E-state index in [1.165, 1.54) is 0 Å². The van der Waals surface area contributed by atoms with Gasteiger partial charge >= 0.3 is 11.8 Å². The van der Waals surface area contributed by atoms with Crippen LogP contribution in [0, 0.1) is 0 Å². The van der Waals surface area contributed by atoms with Crippen molar-refractivity contribution in [2.75, 3.05) is 26.2 Å². The minimum atomic E-state index is -0.912. The number of nitrogens with one attached hydrogen (secondary N) is 1. The fraction of sp³-hybridized carbons (Fsp3) is 0.400. The summed E-state index contributed by atoms with van der Waals surface area (Å²) in [6, 6.07) is 7.19. The summed E-state index contributed by atoms with van der Waals surface area (Å²) in [5.41, 5.74) is 5.32. The highest BCUT2D eigenvalue weighted by molar-refractivity contribution is 6.36. The van der Waals surface area contributed by atoms with Crippen molar-refractivity contribution in [3.05, 3.63) is 24.3 Å². The average molecular weight is 321 g/mol. The number of benzene rings is 1. The van der Waals surface area contributed by atoms with E-state index in [1.54, 1.807) is 12.1 Å². The highest BCUT2D eigenvalue weighted by atomic mass is 16.6. The molecule has 1 aromatic rings. The molecule has 1 aliphatic heterocycles. The molecule has 0 saturated carbocycles. The van der Waals surface area contributed by atoms with Gasteiger partial charge in [-0.15, -0.1) is 0 Å². The normalized spacial score (nSPS) is 15.6. The predicted molar refractivity (Wildman–Crippen MR) is 80.8 cm³/mol. The number of amides is 3. The molecule has 1 heterocycles. The van der Waals surface area contributed by atoms with Gasteiger partial charge in [-0.2, -0.15) is 0 Å². The van der Waals surface area contributed by atoms with Crippen LogP contribution in [0.5, 0.6) is 11.5 Å². The summed E-state index contributed by atoms with van der Waals surface area (Å²) in [6.45, 7) is 0.799. The molecule has 0 spiro atoms. The molecule has 0 bridgehead atoms. The second kappa shape index (κ2) is 8.14. The fourth-order valence-corrected chi connectivity index (χ4v) is 2.04. The number of nitrogens with zero attached hydrogens (tertiary/aromatic N) is 1. The Morgan fingerprint density at radius 1 is 1.35 bits per heavy atom. The summed E-state index contributed by atoms with van der Waals surface area (Å²) in [5, 5.41) is 2.45. The van der Waals surface area contributed by atoms with Crippen molar-refractivity contribution in [1.82, 2.24) is 10.2 Å². The van der Waals surface area contributed by atoms with Gasteiger partial charge in [0.05, 0.1) is 6.54 Å². The highest BCUT2D eigenvalue weighted by Gasteiger charge is 2.25. The number of carbonyl (C=O) groups is 3. The molecule has 2 rings (SSSR count). The van der Waals surface area contributed by atoms with Gasteiger partial charge in [-0.1, -0.05) is 12.1 Å². The zero-order valence-electron chi connectivity index (χ0n) is 12.6. The lowest BCUT2D eigenvalue weighted by Gasteiger charge is -2.26. The molecule has 0 aliphatic carbocycles. The molecule has 3 amide bonds. The Balaban J connectivity index is 1.82. The molecule has 1 aliphatic rings. The van der Waals surface area contributed by atoms with Crippen molar-refractivity contribution in [3.63, 3.8) is 0 Å². The summed E-state index contributed by atoms with van der Waals surface area (Å²) < 4.78 is 11.2. The van der Waals surface area contributed by atoms with Crippen molar-refractivity contribution in [2.24, 2.45) is 5.73 Å². The first kappa shape index (κ1) is 16.8. The van der Waals surface area contributed by atoms with Crippen LogP contribution < -0.4 is 20.5 Å². The van der Waals surface area contributed by atoms with Crippen molar-refractivity contribution in [2.45, 2.75) is 12.5 Å². The van der Waals surface area contributed by atoms with Crippen molar-refractivity contribution in [3.8, 4) is 11.5 Å². The first-order valence-electron chi connectivity index (χ1n) is 7.28. The molecule has 1 unspecified atom stereocenters. The van der Waals surface area contributed by atoms with Crippen molar-refractivity contribution < 1.29 is 23.9 Å². The van der Waals surface area contributed by atoms with Crippen molar-refractivity contribution in [1.29, 1.82) is 0 Å². The first-order chi connectivity index (χ1) is 11.2. The number of imide groups is 1. The SMILES string of the molecule is NCCCN(C=O)C(=O)C(=O)NCC1COc2ccccc2O1. The van der Waals surface area contributed by atoms with Gasteiger partial charge in [0.1, 0.15) is 12.7 Å². The van der Waals surface area contributed by atoms with Gasteiger partial charge in [-0.25, -0.2) is 0 Å². The zero-order chi connectivity index (χ0) is 16.7.